The third-order valence-electron chi connectivity index (χ3n) is 3.30. The minimum absolute atomic E-state index is 0.137. The van der Waals surface area contributed by atoms with Gasteiger partial charge in [-0.1, -0.05) is 12.1 Å². The topological polar surface area (TPSA) is 74.2 Å². The van der Waals surface area contributed by atoms with Gasteiger partial charge in [0.05, 0.1) is 12.2 Å². The largest absolute Gasteiger partial charge is 0.392 e. The van der Waals surface area contributed by atoms with Crippen LogP contribution in [0.4, 0.5) is 0 Å². The number of nitriles is 1. The molecule has 0 aliphatic carbocycles. The van der Waals surface area contributed by atoms with E-state index in [0.29, 0.717) is 22.6 Å². The predicted molar refractivity (Wildman–Crippen MR) is 86.5 cm³/mol. The normalized spacial score (nSPS) is 10.8. The van der Waals surface area contributed by atoms with E-state index in [1.54, 1.807) is 16.8 Å². The molecular weight excluding hydrogens is 379 g/mol. The second-order valence-electron chi connectivity index (χ2n) is 4.65. The van der Waals surface area contributed by atoms with Gasteiger partial charge in [0.2, 0.25) is 0 Å². The van der Waals surface area contributed by atoms with Crippen molar-refractivity contribution in [1.29, 1.82) is 5.26 Å². The van der Waals surface area contributed by atoms with Crippen LogP contribution in [0, 0.1) is 21.8 Å². The molecule has 1 N–H and O–H groups in total. The summed E-state index contributed by atoms with van der Waals surface area (Å²) >= 11 is 2.27. The second-order valence-corrected chi connectivity index (χ2v) is 5.81. The highest BCUT2D eigenvalue weighted by Crippen LogP contribution is 2.25. The van der Waals surface area contributed by atoms with Crippen LogP contribution in [-0.2, 0) is 6.61 Å². The average Bonchev–Trinajstić information content (AvgIpc) is 2.92. The SMILES string of the molecule is Cc1c(I)cccc1-c1nc2c(C#N)cc(CO)cn2n1. The van der Waals surface area contributed by atoms with E-state index in [4.69, 9.17) is 0 Å². The van der Waals surface area contributed by atoms with Crippen LogP contribution in [0.15, 0.2) is 30.5 Å². The Morgan fingerprint density at radius 2 is 2.24 bits per heavy atom. The Balaban J connectivity index is 2.26. The van der Waals surface area contributed by atoms with Crippen LogP contribution >= 0.6 is 22.6 Å². The number of rotatable bonds is 2. The summed E-state index contributed by atoms with van der Waals surface area (Å²) in [4.78, 5) is 4.48. The number of aromatic nitrogens is 3. The van der Waals surface area contributed by atoms with Crippen molar-refractivity contribution in [2.75, 3.05) is 0 Å². The van der Waals surface area contributed by atoms with E-state index in [9.17, 15) is 10.4 Å². The van der Waals surface area contributed by atoms with Crippen LogP contribution in [0.2, 0.25) is 0 Å². The van der Waals surface area contributed by atoms with E-state index in [2.05, 4.69) is 38.7 Å². The summed E-state index contributed by atoms with van der Waals surface area (Å²) in [6.45, 7) is 1.88. The maximum atomic E-state index is 9.25. The van der Waals surface area contributed by atoms with E-state index in [0.717, 1.165) is 14.7 Å². The molecule has 0 bridgehead atoms. The molecule has 0 radical (unpaired) electrons. The summed E-state index contributed by atoms with van der Waals surface area (Å²) in [5.41, 5.74) is 3.59. The molecule has 2 heterocycles. The number of hydrogen-bond donors (Lipinski definition) is 1. The Labute approximate surface area is 135 Å². The lowest BCUT2D eigenvalue weighted by molar-refractivity contribution is 0.281. The third kappa shape index (κ3) is 2.39. The van der Waals surface area contributed by atoms with E-state index >= 15 is 0 Å². The lowest BCUT2D eigenvalue weighted by Crippen LogP contribution is -1.95. The Kier molecular flexibility index (Phi) is 3.61. The first-order chi connectivity index (χ1) is 10.1. The van der Waals surface area contributed by atoms with Gasteiger partial charge in [0, 0.05) is 15.3 Å². The highest BCUT2D eigenvalue weighted by molar-refractivity contribution is 14.1. The molecule has 0 amide bonds. The number of pyridine rings is 1. The lowest BCUT2D eigenvalue weighted by Gasteiger charge is -2.02. The van der Waals surface area contributed by atoms with Crippen molar-refractivity contribution < 1.29 is 5.11 Å². The van der Waals surface area contributed by atoms with Gasteiger partial charge in [0.25, 0.3) is 0 Å². The summed E-state index contributed by atoms with van der Waals surface area (Å²) in [6, 6.07) is 9.68. The average molecular weight is 390 g/mol. The number of hydrogen-bond acceptors (Lipinski definition) is 4. The van der Waals surface area contributed by atoms with Crippen LogP contribution in [0.25, 0.3) is 17.0 Å². The monoisotopic (exact) mass is 390 g/mol. The summed E-state index contributed by atoms with van der Waals surface area (Å²) in [5.74, 6) is 0.581. The molecule has 0 atom stereocenters. The molecule has 6 heteroatoms. The number of aliphatic hydroxyl groups excluding tert-OH is 1. The van der Waals surface area contributed by atoms with Crippen molar-refractivity contribution in [3.8, 4) is 17.5 Å². The Bertz CT molecular complexity index is 879. The molecule has 0 aliphatic rings. The molecule has 2 aromatic heterocycles. The van der Waals surface area contributed by atoms with Crippen molar-refractivity contribution in [3.63, 3.8) is 0 Å². The summed E-state index contributed by atoms with van der Waals surface area (Å²) in [7, 11) is 0. The number of fused-ring (bicyclic) bond motifs is 1. The molecule has 1 aromatic carbocycles. The first kappa shape index (κ1) is 14.0. The first-order valence-electron chi connectivity index (χ1n) is 6.30. The fourth-order valence-electron chi connectivity index (χ4n) is 2.17. The molecular formula is C15H11IN4O. The van der Waals surface area contributed by atoms with Crippen LogP contribution in [0.5, 0.6) is 0 Å². The van der Waals surface area contributed by atoms with Crippen LogP contribution in [-0.4, -0.2) is 19.7 Å². The van der Waals surface area contributed by atoms with Crippen LogP contribution < -0.4 is 0 Å². The molecule has 0 fully saturated rings. The van der Waals surface area contributed by atoms with Gasteiger partial charge in [0.1, 0.15) is 6.07 Å². The number of benzene rings is 1. The van der Waals surface area contributed by atoms with Crippen molar-refractivity contribution >= 4 is 28.2 Å². The van der Waals surface area contributed by atoms with Gasteiger partial charge in [-0.25, -0.2) is 9.50 Å². The highest BCUT2D eigenvalue weighted by atomic mass is 127. The van der Waals surface area contributed by atoms with Gasteiger partial charge in [-0.3, -0.25) is 0 Å². The molecule has 5 nitrogen and oxygen atoms in total. The van der Waals surface area contributed by atoms with E-state index in [-0.39, 0.29) is 6.61 Å². The maximum Gasteiger partial charge on any atom is 0.182 e. The van der Waals surface area contributed by atoms with Gasteiger partial charge < -0.3 is 5.11 Å². The quantitative estimate of drug-likeness (QED) is 0.683. The smallest absolute Gasteiger partial charge is 0.182 e. The Morgan fingerprint density at radius 3 is 2.95 bits per heavy atom. The molecule has 3 aromatic rings. The molecule has 0 spiro atoms. The molecule has 0 aliphatic heterocycles. The molecule has 0 saturated carbocycles. The third-order valence-corrected chi connectivity index (χ3v) is 4.47. The van der Waals surface area contributed by atoms with Gasteiger partial charge in [-0.05, 0) is 52.8 Å². The van der Waals surface area contributed by atoms with Gasteiger partial charge in [0.15, 0.2) is 11.5 Å². The van der Waals surface area contributed by atoms with Gasteiger partial charge >= 0.3 is 0 Å². The fraction of sp³-hybridized carbons (Fsp3) is 0.133. The van der Waals surface area contributed by atoms with Crippen molar-refractivity contribution in [3.05, 3.63) is 50.7 Å². The molecule has 21 heavy (non-hydrogen) atoms. The minimum atomic E-state index is -0.137. The van der Waals surface area contributed by atoms with Crippen LogP contribution in [0.3, 0.4) is 0 Å². The molecule has 0 saturated heterocycles. The van der Waals surface area contributed by atoms with Crippen molar-refractivity contribution in [1.82, 2.24) is 14.6 Å². The number of nitrogens with zero attached hydrogens (tertiary/aromatic N) is 4. The Morgan fingerprint density at radius 1 is 1.43 bits per heavy atom. The summed E-state index contributed by atoms with van der Waals surface area (Å²) in [6.07, 6.45) is 1.69. The molecule has 3 rings (SSSR count). The van der Waals surface area contributed by atoms with Gasteiger partial charge in [-0.2, -0.15) is 5.26 Å². The highest BCUT2D eigenvalue weighted by Gasteiger charge is 2.13. The Hall–Kier alpha value is -1.98. The zero-order valence-electron chi connectivity index (χ0n) is 11.2. The zero-order chi connectivity index (χ0) is 15.0. The van der Waals surface area contributed by atoms with Gasteiger partial charge in [-0.15, -0.1) is 5.10 Å². The van der Waals surface area contributed by atoms with Crippen molar-refractivity contribution in [2.45, 2.75) is 13.5 Å². The van der Waals surface area contributed by atoms with E-state index in [1.807, 2.05) is 25.1 Å². The maximum absolute atomic E-state index is 9.25. The number of halogens is 1. The molecule has 104 valence electrons. The summed E-state index contributed by atoms with van der Waals surface area (Å²) < 4.78 is 2.69. The second kappa shape index (κ2) is 5.42. The number of aliphatic hydroxyl groups is 1. The fourth-order valence-corrected chi connectivity index (χ4v) is 2.67. The first-order valence-corrected chi connectivity index (χ1v) is 7.37. The zero-order valence-corrected chi connectivity index (χ0v) is 13.4. The minimum Gasteiger partial charge on any atom is -0.392 e. The van der Waals surface area contributed by atoms with Crippen LogP contribution in [0.1, 0.15) is 16.7 Å². The van der Waals surface area contributed by atoms with E-state index in [1.165, 1.54) is 0 Å². The van der Waals surface area contributed by atoms with Crippen molar-refractivity contribution in [2.24, 2.45) is 0 Å². The predicted octanol–water partition coefficient (Wildman–Crippen LogP) is 2.67. The summed E-state index contributed by atoms with van der Waals surface area (Å²) in [5, 5.41) is 22.9. The lowest BCUT2D eigenvalue weighted by atomic mass is 10.1. The standard InChI is InChI=1S/C15H11IN4O/c1-9-12(3-2-4-13(9)16)14-18-15-11(6-17)5-10(8-21)7-20(15)19-14/h2-5,7,21H,8H2,1H3. The van der Waals surface area contributed by atoms with E-state index < -0.39 is 0 Å². The molecule has 0 unspecified atom stereocenters.